The summed E-state index contributed by atoms with van der Waals surface area (Å²) in [6, 6.07) is -2.56. The Morgan fingerprint density at radius 1 is 1.05 bits per heavy atom. The first-order valence-corrected chi connectivity index (χ1v) is 5.42. The van der Waals surface area contributed by atoms with Crippen LogP contribution in [0, 0.1) is 0 Å². The largest absolute Gasteiger partial charge is 1.00 e. The normalized spacial score (nSPS) is 12.7. The molecule has 5 N–H and O–H groups in total. The van der Waals surface area contributed by atoms with Crippen LogP contribution in [0.5, 0.6) is 0 Å². The fourth-order valence-corrected chi connectivity index (χ4v) is 1.03. The van der Waals surface area contributed by atoms with Crippen LogP contribution in [-0.4, -0.2) is 41.1 Å². The van der Waals surface area contributed by atoms with Gasteiger partial charge in [0.05, 0.1) is 5.97 Å². The fraction of sp³-hybridized carbons (Fsp3) is 0.600. The van der Waals surface area contributed by atoms with Crippen LogP contribution in [0.1, 0.15) is 25.7 Å². The topological polar surface area (TPSA) is 173 Å². The molecule has 0 heterocycles. The maximum atomic E-state index is 11.2. The quantitative estimate of drug-likeness (QED) is 0.224. The molecule has 0 radical (unpaired) electrons. The third-order valence-electron chi connectivity index (χ3n) is 2.15. The van der Waals surface area contributed by atoms with Crippen molar-refractivity contribution >= 4 is 23.9 Å². The molecule has 0 saturated carbocycles. The molecule has 0 fully saturated rings. The van der Waals surface area contributed by atoms with E-state index < -0.39 is 36.0 Å². The van der Waals surface area contributed by atoms with E-state index in [9.17, 15) is 24.3 Å². The second-order valence-electron chi connectivity index (χ2n) is 3.80. The van der Waals surface area contributed by atoms with Gasteiger partial charge in [-0.25, -0.2) is 4.79 Å². The van der Waals surface area contributed by atoms with E-state index in [1.807, 2.05) is 0 Å². The summed E-state index contributed by atoms with van der Waals surface area (Å²) in [4.78, 5) is 42.9. The van der Waals surface area contributed by atoms with Crippen LogP contribution in [0.2, 0.25) is 0 Å². The van der Waals surface area contributed by atoms with Gasteiger partial charge in [0.25, 0.3) is 0 Å². The van der Waals surface area contributed by atoms with Gasteiger partial charge in [-0.05, 0) is 12.8 Å². The SMILES string of the molecule is N[C@@H](CCC(=O)OC(=O)[C@@H](N)CCC(=O)O)C(=O)[O-].[Na+]. The summed E-state index contributed by atoms with van der Waals surface area (Å²) < 4.78 is 4.31. The van der Waals surface area contributed by atoms with Crippen LogP contribution in [0.3, 0.4) is 0 Å². The second kappa shape index (κ2) is 10.7. The number of hydrogen-bond acceptors (Lipinski definition) is 8. The van der Waals surface area contributed by atoms with Gasteiger partial charge in [0.2, 0.25) is 0 Å². The molecule has 0 bridgehead atoms. The molecule has 0 rings (SSSR count). The molecule has 0 aromatic rings. The van der Waals surface area contributed by atoms with Crippen LogP contribution < -0.4 is 46.1 Å². The molecule has 0 aliphatic heterocycles. The fourth-order valence-electron chi connectivity index (χ4n) is 1.03. The van der Waals surface area contributed by atoms with Crippen LogP contribution >= 0.6 is 0 Å². The first-order chi connectivity index (χ1) is 8.73. The van der Waals surface area contributed by atoms with E-state index in [2.05, 4.69) is 4.74 Å². The zero-order valence-corrected chi connectivity index (χ0v) is 13.0. The summed E-state index contributed by atoms with van der Waals surface area (Å²) in [5.74, 6) is -4.69. The van der Waals surface area contributed by atoms with E-state index in [1.54, 1.807) is 0 Å². The Labute approximate surface area is 136 Å². The number of esters is 2. The molecule has 0 unspecified atom stereocenters. The second-order valence-corrected chi connectivity index (χ2v) is 3.80. The maximum Gasteiger partial charge on any atom is 1.00 e. The van der Waals surface area contributed by atoms with Gasteiger partial charge in [0, 0.05) is 18.9 Å². The number of aliphatic carboxylic acids is 2. The van der Waals surface area contributed by atoms with Gasteiger partial charge >= 0.3 is 47.5 Å². The van der Waals surface area contributed by atoms with Gasteiger partial charge < -0.3 is 31.2 Å². The molecule has 10 heteroatoms. The molecule has 0 aromatic carbocycles. The van der Waals surface area contributed by atoms with Gasteiger partial charge in [0.1, 0.15) is 6.04 Å². The van der Waals surface area contributed by atoms with E-state index in [0.717, 1.165) is 0 Å². The molecule has 9 nitrogen and oxygen atoms in total. The number of ether oxygens (including phenoxy) is 1. The number of carbonyl (C=O) groups is 4. The van der Waals surface area contributed by atoms with Gasteiger partial charge in [-0.3, -0.25) is 9.59 Å². The van der Waals surface area contributed by atoms with Crippen molar-refractivity contribution in [2.75, 3.05) is 0 Å². The monoisotopic (exact) mass is 298 g/mol. The van der Waals surface area contributed by atoms with Crippen molar-refractivity contribution in [3.05, 3.63) is 0 Å². The first kappa shape index (κ1) is 21.3. The average molecular weight is 298 g/mol. The van der Waals surface area contributed by atoms with Gasteiger partial charge in [-0.1, -0.05) is 0 Å². The smallest absolute Gasteiger partial charge is 0.548 e. The molecule has 0 spiro atoms. The summed E-state index contributed by atoms with van der Waals surface area (Å²) in [5.41, 5.74) is 10.4. The minimum Gasteiger partial charge on any atom is -0.548 e. The van der Waals surface area contributed by atoms with Crippen LogP contribution in [0.4, 0.5) is 0 Å². The Morgan fingerprint density at radius 3 is 2.00 bits per heavy atom. The van der Waals surface area contributed by atoms with Gasteiger partial charge in [-0.2, -0.15) is 0 Å². The zero-order valence-electron chi connectivity index (χ0n) is 11.0. The number of hydrogen-bond donors (Lipinski definition) is 3. The third kappa shape index (κ3) is 9.87. The van der Waals surface area contributed by atoms with Crippen molar-refractivity contribution in [3.63, 3.8) is 0 Å². The molecule has 0 aliphatic rings. The molecular weight excluding hydrogens is 283 g/mol. The minimum absolute atomic E-state index is 0. The van der Waals surface area contributed by atoms with Crippen LogP contribution in [-0.2, 0) is 23.9 Å². The van der Waals surface area contributed by atoms with Crippen molar-refractivity contribution in [2.45, 2.75) is 37.8 Å². The van der Waals surface area contributed by atoms with E-state index in [0.29, 0.717) is 0 Å². The third-order valence-corrected chi connectivity index (χ3v) is 2.15. The van der Waals surface area contributed by atoms with E-state index in [1.165, 1.54) is 0 Å². The predicted octanol–water partition coefficient (Wildman–Crippen LogP) is -5.89. The van der Waals surface area contributed by atoms with Crippen molar-refractivity contribution in [1.82, 2.24) is 0 Å². The van der Waals surface area contributed by atoms with Crippen molar-refractivity contribution < 1.29 is 63.7 Å². The zero-order chi connectivity index (χ0) is 15.0. The summed E-state index contributed by atoms with van der Waals surface area (Å²) in [6.45, 7) is 0. The van der Waals surface area contributed by atoms with Crippen molar-refractivity contribution in [1.29, 1.82) is 0 Å². The van der Waals surface area contributed by atoms with Gasteiger partial charge in [0.15, 0.2) is 0 Å². The Hall–Kier alpha value is -1.00. The number of rotatable bonds is 8. The van der Waals surface area contributed by atoms with Crippen LogP contribution in [0.15, 0.2) is 0 Å². The Balaban J connectivity index is 0. The summed E-state index contributed by atoms with van der Waals surface area (Å²) in [6.07, 6.45) is -1.12. The predicted molar refractivity (Wildman–Crippen MR) is 58.2 cm³/mol. The van der Waals surface area contributed by atoms with E-state index in [4.69, 9.17) is 16.6 Å². The van der Waals surface area contributed by atoms with Gasteiger partial charge in [-0.15, -0.1) is 0 Å². The number of carbonyl (C=O) groups excluding carboxylic acids is 3. The molecule has 0 aliphatic carbocycles. The molecule has 0 aromatic heterocycles. The first-order valence-electron chi connectivity index (χ1n) is 5.42. The Kier molecular flexibility index (Phi) is 11.4. The Bertz CT molecular complexity index is 375. The van der Waals surface area contributed by atoms with Crippen LogP contribution in [0.25, 0.3) is 0 Å². The summed E-state index contributed by atoms with van der Waals surface area (Å²) in [7, 11) is 0. The standard InChI is InChI=1S/C10H16N2O7.Na/c11-5(9(16)17)2-4-8(15)19-10(18)6(12)1-3-7(13)14;/h5-6H,1-4,11-12H2,(H,13,14)(H,16,17);/q;+1/p-1/t5-,6-;/m0./s1. The maximum absolute atomic E-state index is 11.2. The molecule has 108 valence electrons. The summed E-state index contributed by atoms with van der Waals surface area (Å²) in [5, 5.41) is 18.6. The number of carboxylic acid groups (broad SMARTS) is 2. The molecule has 0 saturated heterocycles. The molecular formula is C10H15N2NaO7. The number of carboxylic acids is 2. The average Bonchev–Trinajstić information content (AvgIpc) is 2.32. The molecule has 0 amide bonds. The molecule has 20 heavy (non-hydrogen) atoms. The summed E-state index contributed by atoms with van der Waals surface area (Å²) >= 11 is 0. The van der Waals surface area contributed by atoms with E-state index >= 15 is 0 Å². The van der Waals surface area contributed by atoms with E-state index in [-0.39, 0.29) is 55.2 Å². The number of nitrogens with two attached hydrogens (primary N) is 2. The van der Waals surface area contributed by atoms with Crippen molar-refractivity contribution in [3.8, 4) is 0 Å². The molecule has 2 atom stereocenters. The van der Waals surface area contributed by atoms with Crippen molar-refractivity contribution in [2.24, 2.45) is 11.5 Å². The Morgan fingerprint density at radius 2 is 1.55 bits per heavy atom. The minimum atomic E-state index is -1.52.